The summed E-state index contributed by atoms with van der Waals surface area (Å²) >= 11 is 0. The number of sulfonamides is 1. The van der Waals surface area contributed by atoms with Gasteiger partial charge in [-0.2, -0.15) is 13.2 Å². The number of amides is 1. The fraction of sp³-hybridized carbons (Fsp3) is 0.684. The molecule has 1 aromatic heterocycles. The van der Waals surface area contributed by atoms with Gasteiger partial charge in [-0.05, 0) is 30.9 Å². The average molecular weight is 465 g/mol. The number of nitrogens with zero attached hydrogens (tertiary/aromatic N) is 2. The van der Waals surface area contributed by atoms with Crippen LogP contribution in [0, 0.1) is 0 Å². The number of carbonyl (C=O) groups excluding carboxylic acids is 1. The van der Waals surface area contributed by atoms with Crippen molar-refractivity contribution in [3.05, 3.63) is 29.6 Å². The van der Waals surface area contributed by atoms with Crippen LogP contribution in [0.4, 0.5) is 13.2 Å². The Morgan fingerprint density at radius 2 is 1.90 bits per heavy atom. The van der Waals surface area contributed by atoms with Gasteiger partial charge in [0, 0.05) is 63.4 Å². The van der Waals surface area contributed by atoms with Crippen molar-refractivity contribution < 1.29 is 36.3 Å². The molecule has 2 saturated heterocycles. The van der Waals surface area contributed by atoms with Gasteiger partial charge in [-0.3, -0.25) is 15.0 Å². The van der Waals surface area contributed by atoms with Crippen LogP contribution in [-0.4, -0.2) is 66.0 Å². The van der Waals surface area contributed by atoms with Gasteiger partial charge in [0.2, 0.25) is 10.0 Å². The summed E-state index contributed by atoms with van der Waals surface area (Å²) in [7, 11) is -4.04. The van der Waals surface area contributed by atoms with Crippen molar-refractivity contribution in [2.75, 3.05) is 26.3 Å². The minimum Gasteiger partial charge on any atom is -0.381 e. The first kappa shape index (κ1) is 23.9. The van der Waals surface area contributed by atoms with Gasteiger partial charge in [-0.15, -0.1) is 0 Å². The standard InChI is InChI=1S/C19H26F3N3O5S/c20-19(21,22)6-3-14-1-2-16(23-13-14)15-4-9-25(10-5-15)31(28,29)18(17(26)24-27)7-11-30-12-8-18/h1-2,13,15,27H,3-12H2,(H,24,26). The van der Waals surface area contributed by atoms with E-state index < -0.39 is 33.3 Å². The van der Waals surface area contributed by atoms with E-state index in [9.17, 15) is 26.4 Å². The van der Waals surface area contributed by atoms with E-state index in [0.29, 0.717) is 24.1 Å². The third-order valence-electron chi connectivity index (χ3n) is 6.07. The molecule has 0 saturated carbocycles. The highest BCUT2D eigenvalue weighted by atomic mass is 32.2. The molecule has 0 unspecified atom stereocenters. The Morgan fingerprint density at radius 3 is 2.42 bits per heavy atom. The average Bonchev–Trinajstić information content (AvgIpc) is 2.77. The molecule has 2 N–H and O–H groups in total. The lowest BCUT2D eigenvalue weighted by Crippen LogP contribution is -2.60. The minimum absolute atomic E-state index is 0.0274. The monoisotopic (exact) mass is 465 g/mol. The largest absolute Gasteiger partial charge is 0.389 e. The van der Waals surface area contributed by atoms with Gasteiger partial charge in [0.25, 0.3) is 5.91 Å². The summed E-state index contributed by atoms with van der Waals surface area (Å²) in [6, 6.07) is 3.32. The van der Waals surface area contributed by atoms with Gasteiger partial charge < -0.3 is 4.74 Å². The van der Waals surface area contributed by atoms with Crippen molar-refractivity contribution in [2.24, 2.45) is 0 Å². The number of nitrogens with one attached hydrogen (secondary N) is 1. The van der Waals surface area contributed by atoms with E-state index in [-0.39, 0.29) is 51.5 Å². The van der Waals surface area contributed by atoms with Crippen LogP contribution in [-0.2, 0) is 26.0 Å². The second-order valence-corrected chi connectivity index (χ2v) is 10.2. The van der Waals surface area contributed by atoms with E-state index in [4.69, 9.17) is 9.94 Å². The third-order valence-corrected chi connectivity index (χ3v) is 8.69. The Balaban J connectivity index is 1.65. The maximum atomic E-state index is 13.3. The number of ether oxygens (including phenoxy) is 1. The number of alkyl halides is 3. The summed E-state index contributed by atoms with van der Waals surface area (Å²) in [5.41, 5.74) is 2.71. The Hall–Kier alpha value is -1.76. The molecule has 0 aromatic carbocycles. The molecule has 12 heteroatoms. The lowest BCUT2D eigenvalue weighted by Gasteiger charge is -2.40. The molecule has 31 heavy (non-hydrogen) atoms. The van der Waals surface area contributed by atoms with Crippen LogP contribution in [0.2, 0.25) is 0 Å². The second kappa shape index (κ2) is 9.39. The maximum absolute atomic E-state index is 13.3. The molecule has 174 valence electrons. The zero-order chi connectivity index (χ0) is 22.7. The minimum atomic E-state index is -4.22. The molecule has 2 fully saturated rings. The summed E-state index contributed by atoms with van der Waals surface area (Å²) in [4.78, 5) is 16.6. The number of aromatic nitrogens is 1. The van der Waals surface area contributed by atoms with Crippen molar-refractivity contribution >= 4 is 15.9 Å². The maximum Gasteiger partial charge on any atom is 0.389 e. The zero-order valence-corrected chi connectivity index (χ0v) is 17.7. The normalized spacial score (nSPS) is 21.0. The molecule has 1 amide bonds. The van der Waals surface area contributed by atoms with Crippen molar-refractivity contribution in [3.8, 4) is 0 Å². The first-order valence-electron chi connectivity index (χ1n) is 10.1. The topological polar surface area (TPSA) is 109 Å². The molecule has 0 aliphatic carbocycles. The molecular weight excluding hydrogens is 439 g/mol. The van der Waals surface area contributed by atoms with E-state index in [1.54, 1.807) is 12.1 Å². The summed E-state index contributed by atoms with van der Waals surface area (Å²) in [5.74, 6) is -0.977. The van der Waals surface area contributed by atoms with Gasteiger partial charge in [-0.25, -0.2) is 18.2 Å². The lowest BCUT2D eigenvalue weighted by atomic mass is 9.93. The fourth-order valence-corrected chi connectivity index (χ4v) is 6.30. The Bertz CT molecular complexity index is 863. The first-order chi connectivity index (χ1) is 14.6. The number of aryl methyl sites for hydroxylation is 1. The summed E-state index contributed by atoms with van der Waals surface area (Å²) in [6.45, 7) is 0.582. The molecule has 2 aliphatic rings. The highest BCUT2D eigenvalue weighted by molar-refractivity contribution is 7.91. The number of carbonyl (C=O) groups is 1. The quantitative estimate of drug-likeness (QED) is 0.492. The van der Waals surface area contributed by atoms with Crippen LogP contribution < -0.4 is 5.48 Å². The number of halogens is 3. The number of hydroxylamine groups is 1. The van der Waals surface area contributed by atoms with Crippen molar-refractivity contribution in [3.63, 3.8) is 0 Å². The van der Waals surface area contributed by atoms with E-state index >= 15 is 0 Å². The fourth-order valence-electron chi connectivity index (χ4n) is 4.16. The molecule has 3 heterocycles. The highest BCUT2D eigenvalue weighted by Gasteiger charge is 2.54. The summed E-state index contributed by atoms with van der Waals surface area (Å²) in [6.07, 6.45) is -2.95. The molecule has 0 radical (unpaired) electrons. The van der Waals surface area contributed by atoms with Crippen LogP contribution in [0.5, 0.6) is 0 Å². The first-order valence-corrected chi connectivity index (χ1v) is 11.6. The smallest absolute Gasteiger partial charge is 0.381 e. The number of pyridine rings is 1. The molecular formula is C19H26F3N3O5S. The van der Waals surface area contributed by atoms with Crippen molar-refractivity contribution in [1.82, 2.24) is 14.8 Å². The molecule has 2 aliphatic heterocycles. The SMILES string of the molecule is O=C(NO)C1(S(=O)(=O)N2CCC(c3ccc(CCC(F)(F)F)cn3)CC2)CCOCC1. The van der Waals surface area contributed by atoms with Crippen LogP contribution in [0.25, 0.3) is 0 Å². The van der Waals surface area contributed by atoms with E-state index in [1.807, 2.05) is 0 Å². The lowest BCUT2D eigenvalue weighted by molar-refractivity contribution is -0.135. The molecule has 0 bridgehead atoms. The van der Waals surface area contributed by atoms with Crippen molar-refractivity contribution in [1.29, 1.82) is 0 Å². The Kier molecular flexibility index (Phi) is 7.24. The van der Waals surface area contributed by atoms with E-state index in [0.717, 1.165) is 0 Å². The Morgan fingerprint density at radius 1 is 1.26 bits per heavy atom. The summed E-state index contributed by atoms with van der Waals surface area (Å²) in [5, 5.41) is 9.12. The summed E-state index contributed by atoms with van der Waals surface area (Å²) < 4.78 is 68.4. The van der Waals surface area contributed by atoms with Crippen molar-refractivity contribution in [2.45, 2.75) is 55.4 Å². The van der Waals surface area contributed by atoms with Gasteiger partial charge >= 0.3 is 6.18 Å². The number of piperidine rings is 1. The second-order valence-electron chi connectivity index (χ2n) is 7.93. The van der Waals surface area contributed by atoms with Gasteiger partial charge in [0.15, 0.2) is 4.75 Å². The third kappa shape index (κ3) is 5.18. The highest BCUT2D eigenvalue weighted by Crippen LogP contribution is 2.36. The molecule has 0 spiro atoms. The van der Waals surface area contributed by atoms with Gasteiger partial charge in [-0.1, -0.05) is 6.07 Å². The van der Waals surface area contributed by atoms with Crippen LogP contribution in [0.1, 0.15) is 49.3 Å². The van der Waals surface area contributed by atoms with Gasteiger partial charge in [0.1, 0.15) is 0 Å². The van der Waals surface area contributed by atoms with E-state index in [2.05, 4.69) is 4.98 Å². The number of hydrogen-bond donors (Lipinski definition) is 2. The van der Waals surface area contributed by atoms with Crippen LogP contribution in [0.3, 0.4) is 0 Å². The predicted octanol–water partition coefficient (Wildman–Crippen LogP) is 2.14. The van der Waals surface area contributed by atoms with Gasteiger partial charge in [0.05, 0.1) is 0 Å². The van der Waals surface area contributed by atoms with Crippen LogP contribution >= 0.6 is 0 Å². The van der Waals surface area contributed by atoms with Crippen LogP contribution in [0.15, 0.2) is 18.3 Å². The zero-order valence-electron chi connectivity index (χ0n) is 16.9. The number of rotatable bonds is 6. The molecule has 0 atom stereocenters. The molecule has 1 aromatic rings. The molecule has 8 nitrogen and oxygen atoms in total. The van der Waals surface area contributed by atoms with E-state index in [1.165, 1.54) is 16.0 Å². The molecule has 3 rings (SSSR count). The number of hydrogen-bond acceptors (Lipinski definition) is 6. The Labute approximate surface area is 178 Å². The predicted molar refractivity (Wildman–Crippen MR) is 104 cm³/mol.